The summed E-state index contributed by atoms with van der Waals surface area (Å²) in [5.74, 6) is 2.97. The van der Waals surface area contributed by atoms with Crippen molar-refractivity contribution in [1.29, 1.82) is 0 Å². The number of hydrogen-bond donors (Lipinski definition) is 1. The topological polar surface area (TPSA) is 24.9 Å². The first-order valence-corrected chi connectivity index (χ1v) is 9.59. The minimum atomic E-state index is 0.163. The Labute approximate surface area is 133 Å². The summed E-state index contributed by atoms with van der Waals surface area (Å²) in [6, 6.07) is 0. The van der Waals surface area contributed by atoms with Gasteiger partial charge in [0.15, 0.2) is 0 Å². The predicted octanol–water partition coefficient (Wildman–Crippen LogP) is 4.87. The number of hydrogen-bond acceptors (Lipinski definition) is 4. The molecule has 0 saturated carbocycles. The zero-order valence-corrected chi connectivity index (χ0v) is 15.5. The van der Waals surface area contributed by atoms with E-state index >= 15 is 0 Å². The molecule has 0 fully saturated rings. The molecule has 1 rings (SSSR count). The van der Waals surface area contributed by atoms with Crippen molar-refractivity contribution in [3.05, 3.63) is 15.6 Å². The fourth-order valence-electron chi connectivity index (χ4n) is 1.83. The molecule has 0 saturated heterocycles. The van der Waals surface area contributed by atoms with Gasteiger partial charge in [0.2, 0.25) is 0 Å². The first-order valence-electron chi connectivity index (χ1n) is 7.62. The van der Waals surface area contributed by atoms with E-state index in [0.717, 1.165) is 18.7 Å². The number of thiazole rings is 1. The van der Waals surface area contributed by atoms with Gasteiger partial charge in [-0.05, 0) is 45.3 Å². The number of thioether (sulfide) groups is 1. The van der Waals surface area contributed by atoms with E-state index < -0.39 is 0 Å². The van der Waals surface area contributed by atoms with Crippen molar-refractivity contribution in [3.63, 3.8) is 0 Å². The van der Waals surface area contributed by atoms with Gasteiger partial charge in [0.1, 0.15) is 5.01 Å². The molecule has 2 nitrogen and oxygen atoms in total. The number of nitrogens with one attached hydrogen (secondary N) is 1. The number of aromatic nitrogens is 1. The molecule has 116 valence electrons. The quantitative estimate of drug-likeness (QED) is 0.693. The summed E-state index contributed by atoms with van der Waals surface area (Å²) in [6.45, 7) is 14.4. The first-order chi connectivity index (χ1) is 9.31. The molecule has 0 aliphatic carbocycles. The highest BCUT2D eigenvalue weighted by Gasteiger charge is 2.15. The monoisotopic (exact) mass is 314 g/mol. The van der Waals surface area contributed by atoms with Gasteiger partial charge in [0, 0.05) is 22.7 Å². The van der Waals surface area contributed by atoms with E-state index in [1.165, 1.54) is 27.8 Å². The van der Waals surface area contributed by atoms with Crippen LogP contribution in [-0.2, 0) is 18.7 Å². The van der Waals surface area contributed by atoms with Crippen molar-refractivity contribution in [2.45, 2.75) is 72.2 Å². The molecule has 0 atom stereocenters. The molecular formula is C16H30N2S2. The van der Waals surface area contributed by atoms with E-state index in [9.17, 15) is 0 Å². The van der Waals surface area contributed by atoms with Crippen LogP contribution in [-0.4, -0.2) is 16.3 Å². The maximum absolute atomic E-state index is 4.88. The van der Waals surface area contributed by atoms with Gasteiger partial charge in [0.25, 0.3) is 0 Å². The molecule has 0 bridgehead atoms. The maximum atomic E-state index is 4.88. The van der Waals surface area contributed by atoms with Gasteiger partial charge < -0.3 is 5.32 Å². The summed E-state index contributed by atoms with van der Waals surface area (Å²) in [6.07, 6.45) is 2.34. The second kappa shape index (κ2) is 8.40. The molecule has 20 heavy (non-hydrogen) atoms. The molecule has 1 N–H and O–H groups in total. The molecule has 0 aromatic carbocycles. The Bertz CT molecular complexity index is 392. The van der Waals surface area contributed by atoms with Crippen molar-refractivity contribution in [2.24, 2.45) is 5.92 Å². The summed E-state index contributed by atoms with van der Waals surface area (Å²) in [5.41, 5.74) is 1.48. The third-order valence-corrected chi connectivity index (χ3v) is 5.23. The zero-order chi connectivity index (χ0) is 15.2. The first kappa shape index (κ1) is 18.0. The van der Waals surface area contributed by atoms with Crippen molar-refractivity contribution < 1.29 is 0 Å². The molecule has 0 amide bonds. The van der Waals surface area contributed by atoms with Gasteiger partial charge in [-0.25, -0.2) is 4.98 Å². The number of nitrogens with zero attached hydrogens (tertiary/aromatic N) is 1. The lowest BCUT2D eigenvalue weighted by atomic mass is 10.1. The second-order valence-corrected chi connectivity index (χ2v) is 9.00. The average Bonchev–Trinajstić information content (AvgIpc) is 2.67. The smallest absolute Gasteiger partial charge is 0.103 e. The summed E-state index contributed by atoms with van der Waals surface area (Å²) in [5, 5.41) is 4.89. The van der Waals surface area contributed by atoms with Gasteiger partial charge in [-0.2, -0.15) is 11.8 Å². The lowest BCUT2D eigenvalue weighted by molar-refractivity contribution is 0.425. The summed E-state index contributed by atoms with van der Waals surface area (Å²) < 4.78 is 0. The zero-order valence-electron chi connectivity index (χ0n) is 13.9. The fourth-order valence-corrected chi connectivity index (χ4v) is 3.82. The van der Waals surface area contributed by atoms with Crippen LogP contribution >= 0.6 is 23.1 Å². The third-order valence-electron chi connectivity index (χ3n) is 2.78. The van der Waals surface area contributed by atoms with Gasteiger partial charge in [-0.1, -0.05) is 20.8 Å². The predicted molar refractivity (Wildman–Crippen MR) is 93.7 cm³/mol. The van der Waals surface area contributed by atoms with E-state index in [-0.39, 0.29) is 5.54 Å². The Hall–Kier alpha value is -0.0600. The fraction of sp³-hybridized carbons (Fsp3) is 0.812. The lowest BCUT2D eigenvalue weighted by Gasteiger charge is -2.20. The van der Waals surface area contributed by atoms with Crippen LogP contribution in [0.2, 0.25) is 0 Å². The van der Waals surface area contributed by atoms with Crippen molar-refractivity contribution in [2.75, 3.05) is 5.75 Å². The van der Waals surface area contributed by atoms with Crippen LogP contribution in [0.4, 0.5) is 0 Å². The molecule has 0 radical (unpaired) electrons. The highest BCUT2D eigenvalue weighted by molar-refractivity contribution is 7.98. The highest BCUT2D eigenvalue weighted by Crippen LogP contribution is 2.25. The van der Waals surface area contributed by atoms with E-state index in [1.54, 1.807) is 0 Å². The van der Waals surface area contributed by atoms with Crippen molar-refractivity contribution in [3.8, 4) is 0 Å². The van der Waals surface area contributed by atoms with E-state index in [0.29, 0.717) is 5.92 Å². The molecule has 0 aliphatic heterocycles. The van der Waals surface area contributed by atoms with Crippen molar-refractivity contribution >= 4 is 23.1 Å². The minimum absolute atomic E-state index is 0.163. The van der Waals surface area contributed by atoms with Gasteiger partial charge in [0.05, 0.1) is 5.69 Å². The van der Waals surface area contributed by atoms with Crippen LogP contribution in [0.5, 0.6) is 0 Å². The molecule has 0 aliphatic rings. The molecular weight excluding hydrogens is 284 g/mol. The Morgan fingerprint density at radius 2 is 2.00 bits per heavy atom. The Morgan fingerprint density at radius 1 is 1.30 bits per heavy atom. The number of rotatable bonds is 8. The van der Waals surface area contributed by atoms with Crippen LogP contribution in [0.1, 0.15) is 63.5 Å². The van der Waals surface area contributed by atoms with Gasteiger partial charge >= 0.3 is 0 Å². The summed E-state index contributed by atoms with van der Waals surface area (Å²) >= 11 is 3.90. The van der Waals surface area contributed by atoms with E-state index in [4.69, 9.17) is 4.98 Å². The Balaban J connectivity index is 2.72. The Kier molecular flexibility index (Phi) is 7.56. The Morgan fingerprint density at radius 3 is 2.55 bits per heavy atom. The maximum Gasteiger partial charge on any atom is 0.103 e. The lowest BCUT2D eigenvalue weighted by Crippen LogP contribution is -2.35. The van der Waals surface area contributed by atoms with E-state index in [1.807, 2.05) is 23.1 Å². The van der Waals surface area contributed by atoms with Crippen LogP contribution in [0, 0.1) is 5.92 Å². The van der Waals surface area contributed by atoms with Crippen molar-refractivity contribution in [1.82, 2.24) is 10.3 Å². The van der Waals surface area contributed by atoms with Crippen LogP contribution in [0.15, 0.2) is 0 Å². The molecule has 0 unspecified atom stereocenters. The summed E-state index contributed by atoms with van der Waals surface area (Å²) in [4.78, 5) is 6.31. The SMILES string of the molecule is CCCSCc1nc(CC(C)C)c(CNC(C)(C)C)s1. The molecule has 4 heteroatoms. The standard InChI is InChI=1S/C16H30N2S2/c1-7-8-19-11-15-18-13(9-12(2)3)14(20-15)10-17-16(4,5)6/h12,17H,7-11H2,1-6H3. The highest BCUT2D eigenvalue weighted by atomic mass is 32.2. The molecule has 1 aromatic heterocycles. The third kappa shape index (κ3) is 7.09. The molecule has 0 spiro atoms. The van der Waals surface area contributed by atoms with Gasteiger partial charge in [-0.3, -0.25) is 0 Å². The largest absolute Gasteiger partial charge is 0.307 e. The van der Waals surface area contributed by atoms with E-state index in [2.05, 4.69) is 46.9 Å². The van der Waals surface area contributed by atoms with Gasteiger partial charge in [-0.15, -0.1) is 11.3 Å². The normalized spacial score (nSPS) is 12.3. The van der Waals surface area contributed by atoms with Crippen LogP contribution in [0.3, 0.4) is 0 Å². The minimum Gasteiger partial charge on any atom is -0.307 e. The summed E-state index contributed by atoms with van der Waals surface area (Å²) in [7, 11) is 0. The second-order valence-electron chi connectivity index (χ2n) is 6.73. The van der Waals surface area contributed by atoms with Crippen LogP contribution < -0.4 is 5.32 Å². The molecule has 1 aromatic rings. The molecule has 1 heterocycles. The van der Waals surface area contributed by atoms with Crippen LogP contribution in [0.25, 0.3) is 0 Å². The average molecular weight is 315 g/mol.